The average Bonchev–Trinajstić information content (AvgIpc) is 2.22. The molecule has 0 aliphatic heterocycles. The van der Waals surface area contributed by atoms with Crippen molar-refractivity contribution in [2.45, 2.75) is 46.4 Å². The highest BCUT2D eigenvalue weighted by Crippen LogP contribution is 2.20. The normalized spacial score (nSPS) is 15.3. The van der Waals surface area contributed by atoms with Gasteiger partial charge in [0.2, 0.25) is 0 Å². The van der Waals surface area contributed by atoms with Crippen LogP contribution in [0.1, 0.15) is 37.5 Å². The molecular formula is C16H27NOS. The van der Waals surface area contributed by atoms with Gasteiger partial charge in [-0.3, -0.25) is 4.21 Å². The summed E-state index contributed by atoms with van der Waals surface area (Å²) < 4.78 is 12.3. The van der Waals surface area contributed by atoms with Crippen LogP contribution in [0.4, 0.5) is 0 Å². The van der Waals surface area contributed by atoms with Gasteiger partial charge in [0.25, 0.3) is 0 Å². The Morgan fingerprint density at radius 1 is 1.16 bits per heavy atom. The van der Waals surface area contributed by atoms with Crippen LogP contribution in [0.5, 0.6) is 0 Å². The first-order valence-corrected chi connectivity index (χ1v) is 8.30. The number of hydrogen-bond donors (Lipinski definition) is 1. The highest BCUT2D eigenvalue weighted by Gasteiger charge is 2.24. The molecule has 0 radical (unpaired) electrons. The molecule has 1 aromatic rings. The molecule has 1 rings (SSSR count). The van der Waals surface area contributed by atoms with E-state index in [-0.39, 0.29) is 11.5 Å². The van der Waals surface area contributed by atoms with Gasteiger partial charge in [0.1, 0.15) is 0 Å². The molecule has 1 N–H and O–H groups in total. The van der Waals surface area contributed by atoms with Crippen molar-refractivity contribution in [2.24, 2.45) is 5.41 Å². The molecular weight excluding hydrogens is 254 g/mol. The maximum atomic E-state index is 12.3. The Kier molecular flexibility index (Phi) is 5.75. The Bertz CT molecular complexity index is 428. The molecule has 0 bridgehead atoms. The Morgan fingerprint density at radius 3 is 2.11 bits per heavy atom. The van der Waals surface area contributed by atoms with Crippen molar-refractivity contribution >= 4 is 10.8 Å². The van der Waals surface area contributed by atoms with Crippen molar-refractivity contribution in [3.05, 3.63) is 34.9 Å². The number of hydrogen-bond acceptors (Lipinski definition) is 2. The smallest absolute Gasteiger partial charge is 0.0486 e. The fourth-order valence-corrected chi connectivity index (χ4v) is 4.04. The highest BCUT2D eigenvalue weighted by atomic mass is 32.2. The fraction of sp³-hybridized carbons (Fsp3) is 0.625. The van der Waals surface area contributed by atoms with E-state index in [1.54, 1.807) is 0 Å². The van der Waals surface area contributed by atoms with E-state index in [0.717, 1.165) is 0 Å². The molecule has 0 saturated carbocycles. The monoisotopic (exact) mass is 281 g/mol. The first-order valence-electron chi connectivity index (χ1n) is 6.82. The van der Waals surface area contributed by atoms with Gasteiger partial charge in [0.05, 0.1) is 0 Å². The zero-order valence-electron chi connectivity index (χ0n) is 13.0. The lowest BCUT2D eigenvalue weighted by molar-refractivity contribution is 0.304. The number of aryl methyl sites for hydroxylation is 2. The van der Waals surface area contributed by atoms with Crippen LogP contribution in [-0.2, 0) is 16.6 Å². The SMILES string of the molecule is CNC(CS(=O)Cc1cc(C)cc(C)c1)C(C)(C)C. The van der Waals surface area contributed by atoms with Gasteiger partial charge in [-0.2, -0.15) is 0 Å². The topological polar surface area (TPSA) is 29.1 Å². The largest absolute Gasteiger partial charge is 0.316 e. The molecule has 0 spiro atoms. The van der Waals surface area contributed by atoms with Crippen molar-refractivity contribution in [3.8, 4) is 0 Å². The van der Waals surface area contributed by atoms with Crippen LogP contribution in [0.15, 0.2) is 18.2 Å². The Balaban J connectivity index is 2.69. The summed E-state index contributed by atoms with van der Waals surface area (Å²) in [6.45, 7) is 10.7. The first kappa shape index (κ1) is 16.4. The molecule has 0 amide bonds. The van der Waals surface area contributed by atoms with Gasteiger partial charge in [-0.05, 0) is 31.9 Å². The molecule has 19 heavy (non-hydrogen) atoms. The summed E-state index contributed by atoms with van der Waals surface area (Å²) in [4.78, 5) is 0. The van der Waals surface area contributed by atoms with Gasteiger partial charge in [0, 0.05) is 28.3 Å². The van der Waals surface area contributed by atoms with E-state index in [2.05, 4.69) is 58.1 Å². The molecule has 2 atom stereocenters. The molecule has 2 nitrogen and oxygen atoms in total. The average molecular weight is 281 g/mol. The summed E-state index contributed by atoms with van der Waals surface area (Å²) in [5.74, 6) is 1.35. The molecule has 1 aromatic carbocycles. The van der Waals surface area contributed by atoms with Gasteiger partial charge >= 0.3 is 0 Å². The summed E-state index contributed by atoms with van der Waals surface area (Å²) in [6.07, 6.45) is 0. The summed E-state index contributed by atoms with van der Waals surface area (Å²) in [6, 6.07) is 6.70. The van der Waals surface area contributed by atoms with Gasteiger partial charge in [-0.25, -0.2) is 0 Å². The quantitative estimate of drug-likeness (QED) is 0.898. The first-order chi connectivity index (χ1) is 8.72. The van der Waals surface area contributed by atoms with E-state index < -0.39 is 10.8 Å². The predicted octanol–water partition coefficient (Wildman–Crippen LogP) is 3.19. The molecule has 0 fully saturated rings. The summed E-state index contributed by atoms with van der Waals surface area (Å²) >= 11 is 0. The van der Waals surface area contributed by atoms with Crippen molar-refractivity contribution < 1.29 is 4.21 Å². The van der Waals surface area contributed by atoms with E-state index in [1.807, 2.05) is 7.05 Å². The molecule has 0 saturated heterocycles. The molecule has 3 heteroatoms. The maximum Gasteiger partial charge on any atom is 0.0486 e. The molecule has 0 heterocycles. The van der Waals surface area contributed by atoms with Crippen LogP contribution in [0.3, 0.4) is 0 Å². The lowest BCUT2D eigenvalue weighted by Gasteiger charge is -2.30. The van der Waals surface area contributed by atoms with Gasteiger partial charge in [-0.1, -0.05) is 50.1 Å². The van der Waals surface area contributed by atoms with Crippen molar-refractivity contribution in [3.63, 3.8) is 0 Å². The van der Waals surface area contributed by atoms with Gasteiger partial charge in [0.15, 0.2) is 0 Å². The second kappa shape index (κ2) is 6.67. The Labute approximate surface area is 120 Å². The molecule has 108 valence electrons. The van der Waals surface area contributed by atoms with Crippen LogP contribution in [-0.4, -0.2) is 23.1 Å². The lowest BCUT2D eigenvalue weighted by Crippen LogP contribution is -2.42. The van der Waals surface area contributed by atoms with Crippen LogP contribution >= 0.6 is 0 Å². The summed E-state index contributed by atoms with van der Waals surface area (Å²) in [7, 11) is 1.12. The van der Waals surface area contributed by atoms with Crippen LogP contribution in [0.2, 0.25) is 0 Å². The van der Waals surface area contributed by atoms with Gasteiger partial charge in [-0.15, -0.1) is 0 Å². The van der Waals surface area contributed by atoms with E-state index in [9.17, 15) is 4.21 Å². The van der Waals surface area contributed by atoms with Crippen LogP contribution in [0, 0.1) is 19.3 Å². The molecule has 0 aromatic heterocycles. The Morgan fingerprint density at radius 2 is 1.68 bits per heavy atom. The second-order valence-corrected chi connectivity index (χ2v) is 7.96. The van der Waals surface area contributed by atoms with Crippen molar-refractivity contribution in [1.82, 2.24) is 5.32 Å². The van der Waals surface area contributed by atoms with Crippen molar-refractivity contribution in [2.75, 3.05) is 12.8 Å². The third-order valence-corrected chi connectivity index (χ3v) is 4.72. The van der Waals surface area contributed by atoms with E-state index in [0.29, 0.717) is 11.5 Å². The van der Waals surface area contributed by atoms with Crippen LogP contribution < -0.4 is 5.32 Å². The zero-order valence-corrected chi connectivity index (χ0v) is 13.9. The highest BCUT2D eigenvalue weighted by molar-refractivity contribution is 7.84. The van der Waals surface area contributed by atoms with E-state index >= 15 is 0 Å². The third kappa shape index (κ3) is 5.45. The fourth-order valence-electron chi connectivity index (χ4n) is 2.35. The summed E-state index contributed by atoms with van der Waals surface area (Å²) in [5.41, 5.74) is 3.80. The lowest BCUT2D eigenvalue weighted by atomic mass is 9.88. The van der Waals surface area contributed by atoms with Crippen LogP contribution in [0.25, 0.3) is 0 Å². The molecule has 0 aliphatic carbocycles. The Hall–Kier alpha value is -0.670. The predicted molar refractivity (Wildman–Crippen MR) is 84.9 cm³/mol. The van der Waals surface area contributed by atoms with E-state index in [1.165, 1.54) is 16.7 Å². The summed E-state index contributed by atoms with van der Waals surface area (Å²) in [5, 5.41) is 3.29. The minimum atomic E-state index is -0.826. The molecule has 2 unspecified atom stereocenters. The minimum Gasteiger partial charge on any atom is -0.316 e. The minimum absolute atomic E-state index is 0.132. The molecule has 0 aliphatic rings. The zero-order chi connectivity index (χ0) is 14.6. The second-order valence-electron chi connectivity index (χ2n) is 6.45. The third-order valence-electron chi connectivity index (χ3n) is 3.36. The number of nitrogens with one attached hydrogen (secondary N) is 1. The number of benzene rings is 1. The number of rotatable bonds is 5. The maximum absolute atomic E-state index is 12.3. The standard InChI is InChI=1S/C16H27NOS/c1-12-7-13(2)9-14(8-12)10-19(18)11-15(17-6)16(3,4)5/h7-9,15,17H,10-11H2,1-6H3. The van der Waals surface area contributed by atoms with Gasteiger partial charge < -0.3 is 5.32 Å². The van der Waals surface area contributed by atoms with E-state index in [4.69, 9.17) is 0 Å². The van der Waals surface area contributed by atoms with Crippen molar-refractivity contribution in [1.29, 1.82) is 0 Å².